The van der Waals surface area contributed by atoms with Crippen LogP contribution in [-0.4, -0.2) is 35.0 Å². The molecule has 0 saturated heterocycles. The van der Waals surface area contributed by atoms with Gasteiger partial charge in [0, 0.05) is 17.0 Å². The van der Waals surface area contributed by atoms with Crippen LogP contribution in [0, 0.1) is 0 Å². The number of halogens is 4. The fourth-order valence-corrected chi connectivity index (χ4v) is 1.78. The third kappa shape index (κ3) is 3.04. The molecule has 4 nitrogen and oxygen atoms in total. The van der Waals surface area contributed by atoms with Gasteiger partial charge in [-0.25, -0.2) is 18.6 Å². The van der Waals surface area contributed by atoms with E-state index in [0.717, 1.165) is 6.20 Å². The number of nitrogens with one attached hydrogen (secondary N) is 1. The largest absolute Gasteiger partial charge is 0.478 e. The van der Waals surface area contributed by atoms with Gasteiger partial charge in [0.25, 0.3) is 0 Å². The first-order valence-corrected chi connectivity index (χ1v) is 5.84. The summed E-state index contributed by atoms with van der Waals surface area (Å²) >= 11 is 0. The molecule has 0 spiro atoms. The van der Waals surface area contributed by atoms with E-state index in [1.165, 1.54) is 12.1 Å². The Labute approximate surface area is 116 Å². The molecular weight excluding hydrogens is 292 g/mol. The fourth-order valence-electron chi connectivity index (χ4n) is 1.78. The molecule has 1 aromatic heterocycles. The van der Waals surface area contributed by atoms with Gasteiger partial charge in [0.1, 0.15) is 5.82 Å². The Morgan fingerprint density at radius 2 is 1.90 bits per heavy atom. The van der Waals surface area contributed by atoms with E-state index < -0.39 is 24.9 Å². The van der Waals surface area contributed by atoms with Crippen molar-refractivity contribution in [2.45, 2.75) is 12.3 Å². The van der Waals surface area contributed by atoms with Crippen molar-refractivity contribution in [3.8, 4) is 0 Å². The number of hydrogen-bond donors (Lipinski definition) is 2. The van der Waals surface area contributed by atoms with Gasteiger partial charge in [0.15, 0.2) is 0 Å². The number of hydrogen-bond acceptors (Lipinski definition) is 3. The second kappa shape index (κ2) is 5.55. The van der Waals surface area contributed by atoms with Crippen molar-refractivity contribution in [1.82, 2.24) is 4.98 Å². The predicted molar refractivity (Wildman–Crippen MR) is 68.1 cm³/mol. The molecule has 0 aliphatic carbocycles. The highest BCUT2D eigenvalue weighted by molar-refractivity contribution is 6.06. The molecule has 2 N–H and O–H groups in total. The summed E-state index contributed by atoms with van der Waals surface area (Å²) in [4.78, 5) is 14.8. The second-order valence-corrected chi connectivity index (χ2v) is 4.29. The fraction of sp³-hybridized carbons (Fsp3) is 0.231. The maximum absolute atomic E-state index is 12.9. The summed E-state index contributed by atoms with van der Waals surface area (Å²) in [5.74, 6) is -5.49. The van der Waals surface area contributed by atoms with Gasteiger partial charge in [-0.05, 0) is 0 Å². The molecule has 1 heterocycles. The minimum absolute atomic E-state index is 0.0732. The Hall–Kier alpha value is -2.38. The van der Waals surface area contributed by atoms with E-state index in [1.807, 2.05) is 0 Å². The molecule has 2 rings (SSSR count). The number of rotatable bonds is 5. The molecule has 0 saturated carbocycles. The van der Waals surface area contributed by atoms with Crippen LogP contribution < -0.4 is 5.32 Å². The van der Waals surface area contributed by atoms with Crippen molar-refractivity contribution >= 4 is 22.6 Å². The standard InChI is InChI=1S/C13H10F4N2O2/c14-12(15)13(16,17)6-19-10-8-4-2-1-3-7(8)9(5-18-10)11(20)21/h1-5,12H,6H2,(H,18,19)(H,20,21). The van der Waals surface area contributed by atoms with E-state index >= 15 is 0 Å². The summed E-state index contributed by atoms with van der Waals surface area (Å²) in [5.41, 5.74) is -0.100. The first-order valence-electron chi connectivity index (χ1n) is 5.84. The zero-order valence-corrected chi connectivity index (χ0v) is 10.5. The summed E-state index contributed by atoms with van der Waals surface area (Å²) in [6, 6.07) is 6.09. The van der Waals surface area contributed by atoms with Crippen LogP contribution in [0.1, 0.15) is 10.4 Å². The van der Waals surface area contributed by atoms with Crippen molar-refractivity contribution in [3.05, 3.63) is 36.0 Å². The molecule has 2 aromatic rings. The van der Waals surface area contributed by atoms with E-state index in [4.69, 9.17) is 5.11 Å². The van der Waals surface area contributed by atoms with E-state index in [2.05, 4.69) is 10.3 Å². The van der Waals surface area contributed by atoms with Crippen LogP contribution in [0.2, 0.25) is 0 Å². The Kier molecular flexibility index (Phi) is 3.97. The van der Waals surface area contributed by atoms with Crippen molar-refractivity contribution in [2.24, 2.45) is 0 Å². The normalized spacial score (nSPS) is 11.9. The summed E-state index contributed by atoms with van der Waals surface area (Å²) in [6.45, 7) is -1.30. The molecule has 0 aliphatic rings. The lowest BCUT2D eigenvalue weighted by Gasteiger charge is -2.17. The van der Waals surface area contributed by atoms with Gasteiger partial charge < -0.3 is 10.4 Å². The highest BCUT2D eigenvalue weighted by Crippen LogP contribution is 2.27. The van der Waals surface area contributed by atoms with E-state index in [9.17, 15) is 22.4 Å². The number of carboxylic acid groups (broad SMARTS) is 1. The third-order valence-corrected chi connectivity index (χ3v) is 2.84. The topological polar surface area (TPSA) is 62.2 Å². The van der Waals surface area contributed by atoms with Gasteiger partial charge in [0.05, 0.1) is 12.1 Å². The SMILES string of the molecule is O=C(O)c1cnc(NCC(F)(F)C(F)F)c2ccccc12. The molecule has 0 atom stereocenters. The number of carbonyl (C=O) groups is 1. The average molecular weight is 302 g/mol. The molecule has 21 heavy (non-hydrogen) atoms. The summed E-state index contributed by atoms with van der Waals surface area (Å²) in [6.07, 6.45) is -2.80. The Bertz CT molecular complexity index is 676. The highest BCUT2D eigenvalue weighted by Gasteiger charge is 2.40. The van der Waals surface area contributed by atoms with Crippen LogP contribution >= 0.6 is 0 Å². The van der Waals surface area contributed by atoms with Crippen molar-refractivity contribution in [3.63, 3.8) is 0 Å². The van der Waals surface area contributed by atoms with Gasteiger partial charge in [-0.15, -0.1) is 0 Å². The first kappa shape index (κ1) is 15.0. The lowest BCUT2D eigenvalue weighted by Crippen LogP contribution is -2.35. The van der Waals surface area contributed by atoms with Crippen LogP contribution in [0.15, 0.2) is 30.5 Å². The molecule has 8 heteroatoms. The minimum atomic E-state index is -4.20. The molecule has 0 fully saturated rings. The number of aromatic carboxylic acids is 1. The number of fused-ring (bicyclic) bond motifs is 1. The van der Waals surface area contributed by atoms with Crippen molar-refractivity contribution < 1.29 is 27.5 Å². The van der Waals surface area contributed by atoms with Crippen LogP contribution in [0.4, 0.5) is 23.4 Å². The zero-order chi connectivity index (χ0) is 15.6. The van der Waals surface area contributed by atoms with Crippen molar-refractivity contribution in [2.75, 3.05) is 11.9 Å². The third-order valence-electron chi connectivity index (χ3n) is 2.84. The maximum atomic E-state index is 12.9. The summed E-state index contributed by atoms with van der Waals surface area (Å²) in [7, 11) is 0. The van der Waals surface area contributed by atoms with E-state index in [-0.39, 0.29) is 22.2 Å². The number of nitrogens with zero attached hydrogens (tertiary/aromatic N) is 1. The molecule has 112 valence electrons. The number of alkyl halides is 4. The Morgan fingerprint density at radius 3 is 2.48 bits per heavy atom. The molecule has 0 unspecified atom stereocenters. The predicted octanol–water partition coefficient (Wildman–Crippen LogP) is 3.25. The van der Waals surface area contributed by atoms with E-state index in [0.29, 0.717) is 0 Å². The van der Waals surface area contributed by atoms with Gasteiger partial charge in [-0.1, -0.05) is 24.3 Å². The minimum Gasteiger partial charge on any atom is -0.478 e. The molecule has 1 aromatic carbocycles. The molecule has 0 bridgehead atoms. The van der Waals surface area contributed by atoms with Crippen LogP contribution in [0.3, 0.4) is 0 Å². The Balaban J connectivity index is 2.38. The number of carboxylic acids is 1. The van der Waals surface area contributed by atoms with E-state index in [1.54, 1.807) is 12.1 Å². The van der Waals surface area contributed by atoms with Gasteiger partial charge in [-0.3, -0.25) is 0 Å². The maximum Gasteiger partial charge on any atom is 0.337 e. The number of aromatic nitrogens is 1. The number of anilines is 1. The lowest BCUT2D eigenvalue weighted by atomic mass is 10.1. The quantitative estimate of drug-likeness (QED) is 0.832. The van der Waals surface area contributed by atoms with Crippen LogP contribution in [0.25, 0.3) is 10.8 Å². The molecule has 0 aliphatic heterocycles. The summed E-state index contributed by atoms with van der Waals surface area (Å²) in [5, 5.41) is 11.7. The molecule has 0 radical (unpaired) electrons. The number of benzene rings is 1. The molecule has 0 amide bonds. The van der Waals surface area contributed by atoms with Gasteiger partial charge >= 0.3 is 18.3 Å². The lowest BCUT2D eigenvalue weighted by molar-refractivity contribution is -0.117. The monoisotopic (exact) mass is 302 g/mol. The van der Waals surface area contributed by atoms with Crippen LogP contribution in [0.5, 0.6) is 0 Å². The average Bonchev–Trinajstić information content (AvgIpc) is 2.44. The van der Waals surface area contributed by atoms with Gasteiger partial charge in [-0.2, -0.15) is 8.78 Å². The van der Waals surface area contributed by atoms with Crippen LogP contribution in [-0.2, 0) is 0 Å². The second-order valence-electron chi connectivity index (χ2n) is 4.29. The molecular formula is C13H10F4N2O2. The zero-order valence-electron chi connectivity index (χ0n) is 10.5. The highest BCUT2D eigenvalue weighted by atomic mass is 19.3. The van der Waals surface area contributed by atoms with Gasteiger partial charge in [0.2, 0.25) is 0 Å². The number of pyridine rings is 1. The smallest absolute Gasteiger partial charge is 0.337 e. The van der Waals surface area contributed by atoms with Crippen molar-refractivity contribution in [1.29, 1.82) is 0 Å². The first-order chi connectivity index (χ1) is 9.83. The Morgan fingerprint density at radius 1 is 1.29 bits per heavy atom. The summed E-state index contributed by atoms with van der Waals surface area (Å²) < 4.78 is 50.0.